The van der Waals surface area contributed by atoms with Crippen LogP contribution in [0.15, 0.2) is 24.4 Å². The quantitative estimate of drug-likeness (QED) is 0.0456. The molecule has 8 unspecified atom stereocenters. The number of carbonyl (C=O) groups excluding carboxylic acids is 3. The summed E-state index contributed by atoms with van der Waals surface area (Å²) < 4.78 is 11.8. The van der Waals surface area contributed by atoms with Crippen molar-refractivity contribution in [2.45, 2.75) is 258 Å². The third-order valence-electron chi connectivity index (χ3n) is 18.0. The van der Waals surface area contributed by atoms with Gasteiger partial charge in [-0.05, 0) is 136 Å². The number of carbonyl (C=O) groups is 3. The maximum atomic E-state index is 12.9. The second kappa shape index (κ2) is 31.9. The fraction of sp³-hybridized carbons (Fsp3) is 0.883. The van der Waals surface area contributed by atoms with Crippen LogP contribution in [0.3, 0.4) is 0 Å². The molecule has 0 aromatic rings. The van der Waals surface area contributed by atoms with Gasteiger partial charge < -0.3 is 14.4 Å². The molecule has 4 fully saturated rings. The number of hydrogen-bond donors (Lipinski definition) is 0. The molecule has 1 heterocycles. The highest BCUT2D eigenvalue weighted by atomic mass is 16.5. The minimum atomic E-state index is -0.0850. The number of fused-ring (bicyclic) bond motifs is 5. The third-order valence-corrected chi connectivity index (χ3v) is 18.0. The number of amides is 1. The third kappa shape index (κ3) is 18.7. The first-order valence-corrected chi connectivity index (χ1v) is 29.3. The molecule has 1 amide bonds. The zero-order valence-electron chi connectivity index (χ0n) is 43.4. The number of unbranched alkanes of at least 4 members (excludes halogenated alkanes) is 20. The fourth-order valence-electron chi connectivity index (χ4n) is 14.4. The molecule has 0 radical (unpaired) electrons. The van der Waals surface area contributed by atoms with Crippen molar-refractivity contribution in [3.63, 3.8) is 0 Å². The summed E-state index contributed by atoms with van der Waals surface area (Å²) in [6.07, 6.45) is 51.0. The molecule has 66 heavy (non-hydrogen) atoms. The van der Waals surface area contributed by atoms with Crippen LogP contribution in [0, 0.1) is 59.2 Å². The van der Waals surface area contributed by atoms with E-state index in [1.54, 1.807) is 17.1 Å². The normalized spacial score (nSPS) is 27.9. The summed E-state index contributed by atoms with van der Waals surface area (Å²) in [7, 11) is 0. The van der Waals surface area contributed by atoms with E-state index < -0.39 is 0 Å². The van der Waals surface area contributed by atoms with Gasteiger partial charge >= 0.3 is 11.9 Å². The molecule has 0 N–H and O–H groups in total. The van der Waals surface area contributed by atoms with Gasteiger partial charge in [-0.15, -0.1) is 0 Å². The van der Waals surface area contributed by atoms with Crippen molar-refractivity contribution in [3.8, 4) is 0 Å². The molecule has 0 spiro atoms. The Morgan fingerprint density at radius 2 is 0.985 bits per heavy atom. The van der Waals surface area contributed by atoms with Gasteiger partial charge in [-0.3, -0.25) is 14.4 Å². The summed E-state index contributed by atoms with van der Waals surface area (Å²) in [5, 5.41) is 0. The van der Waals surface area contributed by atoms with Crippen molar-refractivity contribution in [1.82, 2.24) is 4.90 Å². The van der Waals surface area contributed by atoms with Gasteiger partial charge in [-0.1, -0.05) is 181 Å². The van der Waals surface area contributed by atoms with Crippen molar-refractivity contribution >= 4 is 17.8 Å². The lowest BCUT2D eigenvalue weighted by Crippen LogP contribution is -2.35. The van der Waals surface area contributed by atoms with Gasteiger partial charge in [-0.25, -0.2) is 0 Å². The first-order valence-electron chi connectivity index (χ1n) is 29.3. The minimum absolute atomic E-state index is 0.00517. The van der Waals surface area contributed by atoms with Crippen LogP contribution in [-0.4, -0.2) is 42.5 Å². The van der Waals surface area contributed by atoms with E-state index in [9.17, 15) is 14.4 Å². The largest absolute Gasteiger partial charge is 0.465 e. The Bertz CT molecular complexity index is 1390. The molecule has 0 aromatic carbocycles. The van der Waals surface area contributed by atoms with E-state index in [0.29, 0.717) is 56.3 Å². The zero-order valence-corrected chi connectivity index (χ0v) is 43.4. The van der Waals surface area contributed by atoms with E-state index in [2.05, 4.69) is 27.4 Å². The highest BCUT2D eigenvalue weighted by molar-refractivity contribution is 5.92. The number of ether oxygens (including phenoxy) is 2. The molecule has 5 aliphatic rings. The topological polar surface area (TPSA) is 72.9 Å². The number of allylic oxidation sites excluding steroid dienone is 1. The van der Waals surface area contributed by atoms with E-state index in [-0.39, 0.29) is 17.8 Å². The lowest BCUT2D eigenvalue weighted by Gasteiger charge is -2.44. The van der Waals surface area contributed by atoms with Gasteiger partial charge in [-0.2, -0.15) is 0 Å². The summed E-state index contributed by atoms with van der Waals surface area (Å²) in [6, 6.07) is 0. The number of hydrogen-bond acceptors (Lipinski definition) is 5. The van der Waals surface area contributed by atoms with Crippen molar-refractivity contribution in [1.29, 1.82) is 0 Å². The Morgan fingerprint density at radius 3 is 1.53 bits per heavy atom. The van der Waals surface area contributed by atoms with Crippen LogP contribution in [0.25, 0.3) is 0 Å². The van der Waals surface area contributed by atoms with Gasteiger partial charge in [0.25, 0.3) is 5.91 Å². The van der Waals surface area contributed by atoms with Crippen molar-refractivity contribution in [2.75, 3.05) is 19.8 Å². The fourth-order valence-corrected chi connectivity index (χ4v) is 14.4. The minimum Gasteiger partial charge on any atom is -0.465 e. The molecule has 6 heteroatoms. The van der Waals surface area contributed by atoms with Gasteiger partial charge in [0.1, 0.15) is 0 Å². The van der Waals surface area contributed by atoms with Crippen LogP contribution in [0.2, 0.25) is 0 Å². The molecule has 0 aromatic heterocycles. The summed E-state index contributed by atoms with van der Waals surface area (Å²) in [4.78, 5) is 39.0. The molecule has 0 saturated heterocycles. The molecule has 10 atom stereocenters. The molecule has 2 bridgehead atoms. The summed E-state index contributed by atoms with van der Waals surface area (Å²) in [5.41, 5.74) is 0.755. The van der Waals surface area contributed by atoms with E-state index in [1.165, 1.54) is 186 Å². The molecular formula is C60H103NO5. The van der Waals surface area contributed by atoms with Crippen LogP contribution >= 0.6 is 0 Å². The first kappa shape index (κ1) is 54.8. The predicted molar refractivity (Wildman–Crippen MR) is 275 cm³/mol. The summed E-state index contributed by atoms with van der Waals surface area (Å²) in [5.74, 6) is 7.72. The van der Waals surface area contributed by atoms with E-state index >= 15 is 0 Å². The Kier molecular flexibility index (Phi) is 26.5. The molecule has 5 rings (SSSR count). The van der Waals surface area contributed by atoms with Gasteiger partial charge in [0.2, 0.25) is 0 Å². The number of rotatable bonds is 38. The molecule has 378 valence electrons. The van der Waals surface area contributed by atoms with Crippen molar-refractivity contribution < 1.29 is 23.9 Å². The summed E-state index contributed by atoms with van der Waals surface area (Å²) >= 11 is 0. The zero-order chi connectivity index (χ0) is 46.8. The van der Waals surface area contributed by atoms with Gasteiger partial charge in [0.15, 0.2) is 0 Å². The van der Waals surface area contributed by atoms with Gasteiger partial charge in [0, 0.05) is 31.2 Å². The van der Waals surface area contributed by atoms with Gasteiger partial charge in [0.05, 0.1) is 13.2 Å². The standard InChI is InChI=1S/C60H103NO5/c1-5-8-11-14-18-24-31-50-38-37-49(30-23-13-10-7-3)53(32-25-19-15-12-9-6-2)54(50)33-26-20-16-17-21-27-34-60(64)66-46-52-43-51-44-56(52)57-42-48(41-55(51)57)45-65-59(63)35-28-22-29-40-61-47(4)36-39-58(61)62/h36,39,48-57H,4-35,37-38,40-46H2,1-3H3/t48?,49?,50?,51?,52?,53?,54?,55-,56?,57-/m0/s1. The average molecular weight is 918 g/mol. The Morgan fingerprint density at radius 1 is 0.515 bits per heavy atom. The summed E-state index contributed by atoms with van der Waals surface area (Å²) in [6.45, 7) is 12.8. The van der Waals surface area contributed by atoms with Crippen molar-refractivity contribution in [2.24, 2.45) is 59.2 Å². The van der Waals surface area contributed by atoms with Crippen LogP contribution in [0.1, 0.15) is 258 Å². The smallest absolute Gasteiger partial charge is 0.305 e. The molecule has 6 nitrogen and oxygen atoms in total. The van der Waals surface area contributed by atoms with Crippen LogP contribution < -0.4 is 0 Å². The SMILES string of the molecule is C=C1C=CC(=O)N1CCCCCC(=O)OCC1C[C@@H]2C3CC(CC3COC(=O)CCCCCCCCC3C(CCCCCCCC)CCC(CCCCCC)C3CCCCCCCC)[C@@H]2C1. The Hall–Kier alpha value is -2.11. The van der Waals surface area contributed by atoms with E-state index in [0.717, 1.165) is 79.7 Å². The van der Waals surface area contributed by atoms with Crippen LogP contribution in [0.4, 0.5) is 0 Å². The van der Waals surface area contributed by atoms with Crippen LogP contribution in [-0.2, 0) is 23.9 Å². The maximum absolute atomic E-state index is 12.9. The van der Waals surface area contributed by atoms with E-state index in [1.807, 2.05) is 0 Å². The molecular weight excluding hydrogens is 815 g/mol. The Balaban J connectivity index is 0.934. The number of nitrogens with zero attached hydrogens (tertiary/aromatic N) is 1. The second-order valence-corrected chi connectivity index (χ2v) is 22.9. The second-order valence-electron chi connectivity index (χ2n) is 22.9. The van der Waals surface area contributed by atoms with E-state index in [4.69, 9.17) is 9.47 Å². The monoisotopic (exact) mass is 918 g/mol. The molecule has 4 saturated carbocycles. The Labute approximate surface area is 406 Å². The maximum Gasteiger partial charge on any atom is 0.305 e. The first-order chi connectivity index (χ1) is 32.3. The highest BCUT2D eigenvalue weighted by Crippen LogP contribution is 2.62. The number of esters is 2. The lowest BCUT2D eigenvalue weighted by atomic mass is 9.61. The average Bonchev–Trinajstić information content (AvgIpc) is 4.10. The molecule has 4 aliphatic carbocycles. The van der Waals surface area contributed by atoms with Crippen LogP contribution in [0.5, 0.6) is 0 Å². The predicted octanol–water partition coefficient (Wildman–Crippen LogP) is 16.7. The molecule has 1 aliphatic heterocycles. The van der Waals surface area contributed by atoms with Crippen molar-refractivity contribution in [3.05, 3.63) is 24.4 Å². The lowest BCUT2D eigenvalue weighted by molar-refractivity contribution is -0.146. The highest BCUT2D eigenvalue weighted by Gasteiger charge is 2.56.